The Balaban J connectivity index is 2.55. The molecule has 0 aliphatic heterocycles. The van der Waals surface area contributed by atoms with Crippen molar-refractivity contribution in [1.29, 1.82) is 0 Å². The number of hydrogen-bond acceptors (Lipinski definition) is 4. The molecule has 0 radical (unpaired) electrons. The van der Waals surface area contributed by atoms with E-state index in [2.05, 4.69) is 19.2 Å². The van der Waals surface area contributed by atoms with Crippen LogP contribution >= 0.6 is 0 Å². The van der Waals surface area contributed by atoms with E-state index < -0.39 is 0 Å². The van der Waals surface area contributed by atoms with E-state index >= 15 is 0 Å². The average Bonchev–Trinajstić information content (AvgIpc) is 2.42. The van der Waals surface area contributed by atoms with Gasteiger partial charge in [-0.1, -0.05) is 13.0 Å². The molecule has 18 heavy (non-hydrogen) atoms. The summed E-state index contributed by atoms with van der Waals surface area (Å²) < 4.78 is 16.3. The number of methoxy groups -OCH3 is 2. The van der Waals surface area contributed by atoms with E-state index in [0.29, 0.717) is 29.9 Å². The predicted octanol–water partition coefficient (Wildman–Crippen LogP) is 2.47. The number of benzene rings is 1. The van der Waals surface area contributed by atoms with Crippen molar-refractivity contribution in [3.63, 3.8) is 0 Å². The molecule has 1 unspecified atom stereocenters. The van der Waals surface area contributed by atoms with Gasteiger partial charge in [0.05, 0.1) is 14.2 Å². The summed E-state index contributed by atoms with van der Waals surface area (Å²) in [6.07, 6.45) is 1.11. The molecule has 0 bridgehead atoms. The molecule has 4 nitrogen and oxygen atoms in total. The normalized spacial score (nSPS) is 12.0. The number of hydrogen-bond donors (Lipinski definition) is 1. The summed E-state index contributed by atoms with van der Waals surface area (Å²) in [4.78, 5) is 0. The van der Waals surface area contributed by atoms with Crippen LogP contribution in [-0.2, 0) is 0 Å². The van der Waals surface area contributed by atoms with Gasteiger partial charge in [-0.25, -0.2) is 0 Å². The Morgan fingerprint density at radius 3 is 2.28 bits per heavy atom. The zero-order valence-corrected chi connectivity index (χ0v) is 11.7. The van der Waals surface area contributed by atoms with Gasteiger partial charge in [0.1, 0.15) is 6.61 Å². The lowest BCUT2D eigenvalue weighted by Gasteiger charge is -2.15. The van der Waals surface area contributed by atoms with Crippen molar-refractivity contribution in [2.45, 2.75) is 26.3 Å². The van der Waals surface area contributed by atoms with Gasteiger partial charge in [0.25, 0.3) is 0 Å². The molecule has 102 valence electrons. The smallest absolute Gasteiger partial charge is 0.203 e. The van der Waals surface area contributed by atoms with Gasteiger partial charge in [-0.05, 0) is 25.5 Å². The van der Waals surface area contributed by atoms with Crippen LogP contribution in [0.5, 0.6) is 17.2 Å². The maximum absolute atomic E-state index is 5.73. The van der Waals surface area contributed by atoms with Crippen molar-refractivity contribution >= 4 is 0 Å². The largest absolute Gasteiger partial charge is 0.493 e. The molecule has 0 saturated heterocycles. The van der Waals surface area contributed by atoms with Crippen molar-refractivity contribution < 1.29 is 14.2 Å². The van der Waals surface area contributed by atoms with Crippen LogP contribution in [0.1, 0.15) is 20.3 Å². The maximum atomic E-state index is 5.73. The average molecular weight is 253 g/mol. The van der Waals surface area contributed by atoms with Crippen molar-refractivity contribution in [3.8, 4) is 17.2 Å². The van der Waals surface area contributed by atoms with Gasteiger partial charge in [-0.15, -0.1) is 0 Å². The molecule has 0 aliphatic carbocycles. The minimum Gasteiger partial charge on any atom is -0.493 e. The molecule has 4 heteroatoms. The summed E-state index contributed by atoms with van der Waals surface area (Å²) in [5, 5.41) is 3.37. The Morgan fingerprint density at radius 1 is 1.17 bits per heavy atom. The van der Waals surface area contributed by atoms with Gasteiger partial charge < -0.3 is 19.5 Å². The van der Waals surface area contributed by atoms with Crippen LogP contribution in [0.15, 0.2) is 18.2 Å². The monoisotopic (exact) mass is 253 g/mol. The van der Waals surface area contributed by atoms with Crippen LogP contribution in [-0.4, -0.2) is 33.4 Å². The van der Waals surface area contributed by atoms with E-state index in [1.807, 2.05) is 18.2 Å². The summed E-state index contributed by atoms with van der Waals surface area (Å²) in [5.41, 5.74) is 0. The van der Waals surface area contributed by atoms with Crippen molar-refractivity contribution in [1.82, 2.24) is 5.32 Å². The SMILES string of the molecule is CCC(C)NCCOc1c(OC)cccc1OC. The third kappa shape index (κ3) is 4.11. The Hall–Kier alpha value is -1.42. The Morgan fingerprint density at radius 2 is 1.78 bits per heavy atom. The van der Waals surface area contributed by atoms with Gasteiger partial charge in [-0.2, -0.15) is 0 Å². The molecule has 0 aliphatic rings. The fourth-order valence-electron chi connectivity index (χ4n) is 1.56. The molecule has 1 aromatic carbocycles. The zero-order chi connectivity index (χ0) is 13.4. The molecule has 0 spiro atoms. The summed E-state index contributed by atoms with van der Waals surface area (Å²) in [6.45, 7) is 5.70. The summed E-state index contributed by atoms with van der Waals surface area (Å²) in [6, 6.07) is 6.11. The fraction of sp³-hybridized carbons (Fsp3) is 0.571. The molecule has 1 aromatic rings. The molecule has 1 atom stereocenters. The first-order valence-electron chi connectivity index (χ1n) is 6.30. The van der Waals surface area contributed by atoms with Gasteiger partial charge >= 0.3 is 0 Å². The van der Waals surface area contributed by atoms with E-state index in [-0.39, 0.29) is 0 Å². The van der Waals surface area contributed by atoms with Gasteiger partial charge in [0.2, 0.25) is 5.75 Å². The quantitative estimate of drug-likeness (QED) is 0.722. The topological polar surface area (TPSA) is 39.7 Å². The van der Waals surface area contributed by atoms with Crippen LogP contribution in [0.25, 0.3) is 0 Å². The second-order valence-electron chi connectivity index (χ2n) is 4.10. The first-order chi connectivity index (χ1) is 8.72. The van der Waals surface area contributed by atoms with E-state index in [1.54, 1.807) is 14.2 Å². The highest BCUT2D eigenvalue weighted by Crippen LogP contribution is 2.36. The van der Waals surface area contributed by atoms with Crippen LogP contribution in [0.4, 0.5) is 0 Å². The van der Waals surface area contributed by atoms with Crippen LogP contribution in [0.3, 0.4) is 0 Å². The molecule has 0 fully saturated rings. The first kappa shape index (κ1) is 14.6. The van der Waals surface area contributed by atoms with E-state index in [1.165, 1.54) is 0 Å². The summed E-state index contributed by atoms with van der Waals surface area (Å²) in [5.74, 6) is 2.05. The molecule has 1 rings (SSSR count). The van der Waals surface area contributed by atoms with Crippen molar-refractivity contribution in [2.75, 3.05) is 27.4 Å². The second kappa shape index (κ2) is 7.82. The lowest BCUT2D eigenvalue weighted by molar-refractivity contribution is 0.269. The molecular formula is C14H23NO3. The van der Waals surface area contributed by atoms with Crippen LogP contribution in [0.2, 0.25) is 0 Å². The highest BCUT2D eigenvalue weighted by molar-refractivity contribution is 5.51. The third-order valence-corrected chi connectivity index (χ3v) is 2.84. The Kier molecular flexibility index (Phi) is 6.36. The number of rotatable bonds is 8. The minimum absolute atomic E-state index is 0.508. The molecular weight excluding hydrogens is 230 g/mol. The molecule has 1 N–H and O–H groups in total. The highest BCUT2D eigenvalue weighted by atomic mass is 16.5. The number of nitrogens with one attached hydrogen (secondary N) is 1. The van der Waals surface area contributed by atoms with Crippen LogP contribution in [0, 0.1) is 0 Å². The van der Waals surface area contributed by atoms with E-state index in [9.17, 15) is 0 Å². The Labute approximate surface area is 109 Å². The van der Waals surface area contributed by atoms with Gasteiger partial charge in [0.15, 0.2) is 11.5 Å². The summed E-state index contributed by atoms with van der Waals surface area (Å²) in [7, 11) is 3.25. The van der Waals surface area contributed by atoms with Gasteiger partial charge in [-0.3, -0.25) is 0 Å². The summed E-state index contributed by atoms with van der Waals surface area (Å²) >= 11 is 0. The van der Waals surface area contributed by atoms with E-state index in [0.717, 1.165) is 13.0 Å². The van der Waals surface area contributed by atoms with Crippen molar-refractivity contribution in [3.05, 3.63) is 18.2 Å². The van der Waals surface area contributed by atoms with Crippen LogP contribution < -0.4 is 19.5 Å². The second-order valence-corrected chi connectivity index (χ2v) is 4.10. The molecule has 0 saturated carbocycles. The van der Waals surface area contributed by atoms with E-state index in [4.69, 9.17) is 14.2 Å². The minimum atomic E-state index is 0.508. The third-order valence-electron chi connectivity index (χ3n) is 2.84. The lowest BCUT2D eigenvalue weighted by Crippen LogP contribution is -2.29. The standard InChI is InChI=1S/C14H23NO3/c1-5-11(2)15-9-10-18-14-12(16-3)7-6-8-13(14)17-4/h6-8,11,15H,5,9-10H2,1-4H3. The fourth-order valence-corrected chi connectivity index (χ4v) is 1.56. The zero-order valence-electron chi connectivity index (χ0n) is 11.7. The maximum Gasteiger partial charge on any atom is 0.203 e. The number of ether oxygens (including phenoxy) is 3. The lowest BCUT2D eigenvalue weighted by atomic mass is 10.2. The first-order valence-corrected chi connectivity index (χ1v) is 6.30. The van der Waals surface area contributed by atoms with Gasteiger partial charge in [0, 0.05) is 12.6 Å². The molecule has 0 heterocycles. The molecule has 0 amide bonds. The molecule has 0 aromatic heterocycles. The number of para-hydroxylation sites is 1. The van der Waals surface area contributed by atoms with Crippen molar-refractivity contribution in [2.24, 2.45) is 0 Å². The highest BCUT2D eigenvalue weighted by Gasteiger charge is 2.10. The predicted molar refractivity (Wildman–Crippen MR) is 72.8 cm³/mol. The Bertz CT molecular complexity index is 333.